The minimum Gasteiger partial charge on any atom is -0.381 e. The maximum atomic E-state index is 13.3. The van der Waals surface area contributed by atoms with Crippen LogP contribution in [0.1, 0.15) is 23.7 Å². The highest BCUT2D eigenvalue weighted by Crippen LogP contribution is 2.29. The number of aliphatic imine (C=N–C) groups is 1. The zero-order valence-corrected chi connectivity index (χ0v) is 20.8. The topological polar surface area (TPSA) is 104 Å². The number of rotatable bonds is 6. The van der Waals surface area contributed by atoms with Crippen LogP contribution in [0.4, 0.5) is 14.7 Å². The molecule has 0 radical (unpaired) electrons. The molecule has 0 spiro atoms. The van der Waals surface area contributed by atoms with Crippen LogP contribution in [-0.4, -0.2) is 63.3 Å². The van der Waals surface area contributed by atoms with Crippen molar-refractivity contribution in [3.8, 4) is 11.1 Å². The molecule has 1 aliphatic heterocycles. The van der Waals surface area contributed by atoms with Gasteiger partial charge in [0.1, 0.15) is 23.6 Å². The summed E-state index contributed by atoms with van der Waals surface area (Å²) in [6, 6.07) is 13.9. The van der Waals surface area contributed by atoms with Gasteiger partial charge >= 0.3 is 0 Å². The summed E-state index contributed by atoms with van der Waals surface area (Å²) in [5, 5.41) is 18.6. The van der Waals surface area contributed by atoms with Gasteiger partial charge in [0.15, 0.2) is 5.84 Å². The average Bonchev–Trinajstić information content (AvgIpc) is 3.42. The first-order valence-electron chi connectivity index (χ1n) is 12.2. The lowest BCUT2D eigenvalue weighted by atomic mass is 9.90. The van der Waals surface area contributed by atoms with Gasteiger partial charge < -0.3 is 19.9 Å². The summed E-state index contributed by atoms with van der Waals surface area (Å²) in [6.45, 7) is 4.17. The molecule has 0 aliphatic carbocycles. The number of aromatic amines is 1. The number of aromatic nitrogens is 3. The molecule has 2 aromatic heterocycles. The van der Waals surface area contributed by atoms with Gasteiger partial charge in [-0.3, -0.25) is 5.41 Å². The first-order valence-corrected chi connectivity index (χ1v) is 12.2. The zero-order valence-electron chi connectivity index (χ0n) is 20.8. The largest absolute Gasteiger partial charge is 0.381 e. The lowest BCUT2D eigenvalue weighted by molar-refractivity contribution is 0.101. The molecule has 194 valence electrons. The first-order chi connectivity index (χ1) is 18.3. The maximum Gasteiger partial charge on any atom is 0.225 e. The molecule has 0 saturated carbocycles. The lowest BCUT2D eigenvalue weighted by Gasteiger charge is -2.36. The van der Waals surface area contributed by atoms with Crippen molar-refractivity contribution in [2.24, 2.45) is 4.99 Å². The van der Waals surface area contributed by atoms with E-state index in [0.29, 0.717) is 49.1 Å². The molecule has 5 rings (SSSR count). The van der Waals surface area contributed by atoms with Crippen LogP contribution < -0.4 is 4.90 Å². The van der Waals surface area contributed by atoms with Gasteiger partial charge in [-0.05, 0) is 53.9 Å². The fourth-order valence-electron chi connectivity index (χ4n) is 4.51. The van der Waals surface area contributed by atoms with E-state index in [1.54, 1.807) is 43.6 Å². The molecule has 0 unspecified atom stereocenters. The highest BCUT2D eigenvalue weighted by Gasteiger charge is 2.28. The first kappa shape index (κ1) is 25.2. The smallest absolute Gasteiger partial charge is 0.225 e. The molecule has 0 amide bonds. The summed E-state index contributed by atoms with van der Waals surface area (Å²) in [5.74, 6) is 0.547. The van der Waals surface area contributed by atoms with Crippen LogP contribution in [0.15, 0.2) is 78.2 Å². The number of nitrogens with one attached hydrogen (secondary N) is 2. The van der Waals surface area contributed by atoms with E-state index in [2.05, 4.69) is 24.8 Å². The van der Waals surface area contributed by atoms with Gasteiger partial charge in [0, 0.05) is 50.3 Å². The number of benzene rings is 2. The average molecular weight is 516 g/mol. The van der Waals surface area contributed by atoms with Gasteiger partial charge in [0.25, 0.3) is 0 Å². The van der Waals surface area contributed by atoms with E-state index in [-0.39, 0.29) is 11.6 Å². The van der Waals surface area contributed by atoms with Crippen molar-refractivity contribution in [1.82, 2.24) is 19.9 Å². The van der Waals surface area contributed by atoms with Crippen LogP contribution in [0.5, 0.6) is 0 Å². The molecule has 3 heterocycles. The monoisotopic (exact) mass is 515 g/mol. The second kappa shape index (κ2) is 10.5. The number of nitrogens with zero attached hydrogens (tertiary/aromatic N) is 5. The predicted octanol–water partition coefficient (Wildman–Crippen LogP) is 4.18. The molecule has 1 saturated heterocycles. The van der Waals surface area contributed by atoms with E-state index in [4.69, 9.17) is 5.41 Å². The number of halogens is 2. The van der Waals surface area contributed by atoms with Crippen LogP contribution in [0.25, 0.3) is 11.1 Å². The summed E-state index contributed by atoms with van der Waals surface area (Å²) < 4.78 is 26.6. The van der Waals surface area contributed by atoms with Crippen molar-refractivity contribution in [2.45, 2.75) is 12.5 Å². The van der Waals surface area contributed by atoms with Gasteiger partial charge in [-0.15, -0.1) is 0 Å². The fourth-order valence-corrected chi connectivity index (χ4v) is 4.51. The van der Waals surface area contributed by atoms with Crippen LogP contribution in [0.3, 0.4) is 0 Å². The number of piperazine rings is 1. The van der Waals surface area contributed by atoms with E-state index >= 15 is 0 Å². The lowest BCUT2D eigenvalue weighted by Crippen LogP contribution is -2.49. The number of hydrogen-bond donors (Lipinski definition) is 3. The Hall–Kier alpha value is -4.44. The van der Waals surface area contributed by atoms with E-state index in [1.165, 1.54) is 24.3 Å². The van der Waals surface area contributed by atoms with Crippen molar-refractivity contribution >= 4 is 18.1 Å². The summed E-state index contributed by atoms with van der Waals surface area (Å²) >= 11 is 0. The van der Waals surface area contributed by atoms with Crippen molar-refractivity contribution in [3.63, 3.8) is 0 Å². The Bertz CT molecular complexity index is 1420. The van der Waals surface area contributed by atoms with Crippen molar-refractivity contribution in [2.75, 3.05) is 31.1 Å². The standard InChI is InChI=1S/C28H27F2N7O/c1-28(38,21-4-8-24(30)9-5-21)22-16-33-27(34-17-22)37-12-10-36(11-13-37)26(35-18-31)25-14-20(15-32-25)19-2-6-23(29)7-3-19/h2-9,14-18,31-32,38H,10-13H2,1H3/b31-18?,35-26+/t28-/m0/s1. The van der Waals surface area contributed by atoms with Crippen molar-refractivity contribution < 1.29 is 13.9 Å². The summed E-state index contributed by atoms with van der Waals surface area (Å²) in [7, 11) is 0. The highest BCUT2D eigenvalue weighted by atomic mass is 19.1. The molecule has 3 N–H and O–H groups in total. The molecular formula is C28H27F2N7O. The number of aliphatic hydroxyl groups is 1. The van der Waals surface area contributed by atoms with Gasteiger partial charge in [-0.25, -0.2) is 23.7 Å². The molecule has 2 aromatic carbocycles. The maximum absolute atomic E-state index is 13.3. The van der Waals surface area contributed by atoms with Crippen LogP contribution in [0.2, 0.25) is 0 Å². The number of H-pyrrole nitrogens is 1. The Morgan fingerprint density at radius 1 is 0.947 bits per heavy atom. The third-order valence-corrected chi connectivity index (χ3v) is 6.76. The van der Waals surface area contributed by atoms with E-state index in [0.717, 1.165) is 23.2 Å². The Morgan fingerprint density at radius 2 is 1.55 bits per heavy atom. The second-order valence-electron chi connectivity index (χ2n) is 9.22. The third kappa shape index (κ3) is 5.16. The Labute approximate surface area is 218 Å². The van der Waals surface area contributed by atoms with Gasteiger partial charge in [0.05, 0.1) is 5.69 Å². The fraction of sp³-hybridized carbons (Fsp3) is 0.214. The van der Waals surface area contributed by atoms with Crippen LogP contribution >= 0.6 is 0 Å². The van der Waals surface area contributed by atoms with E-state index in [9.17, 15) is 13.9 Å². The van der Waals surface area contributed by atoms with Crippen LogP contribution in [-0.2, 0) is 5.60 Å². The van der Waals surface area contributed by atoms with Gasteiger partial charge in [-0.1, -0.05) is 24.3 Å². The van der Waals surface area contributed by atoms with Crippen LogP contribution in [0, 0.1) is 17.0 Å². The highest BCUT2D eigenvalue weighted by molar-refractivity contribution is 6.01. The minimum atomic E-state index is -1.36. The Morgan fingerprint density at radius 3 is 2.16 bits per heavy atom. The van der Waals surface area contributed by atoms with Crippen molar-refractivity contribution in [1.29, 1.82) is 5.41 Å². The molecular weight excluding hydrogens is 488 g/mol. The van der Waals surface area contributed by atoms with Crippen molar-refractivity contribution in [3.05, 3.63) is 102 Å². The number of hydrogen-bond acceptors (Lipinski definition) is 5. The zero-order chi connectivity index (χ0) is 26.7. The molecule has 38 heavy (non-hydrogen) atoms. The molecule has 1 fully saturated rings. The summed E-state index contributed by atoms with van der Waals surface area (Å²) in [4.78, 5) is 20.6. The molecule has 10 heteroatoms. The van der Waals surface area contributed by atoms with E-state index in [1.807, 2.05) is 17.2 Å². The molecule has 1 atom stereocenters. The number of amidine groups is 1. The number of anilines is 1. The molecule has 1 aliphatic rings. The van der Waals surface area contributed by atoms with E-state index < -0.39 is 5.60 Å². The Kier molecular flexibility index (Phi) is 6.97. The predicted molar refractivity (Wildman–Crippen MR) is 142 cm³/mol. The SMILES string of the molecule is C[C@](O)(c1ccc(F)cc1)c1cnc(N2CCN(/C(=N/C=N)c3cc(-c4ccc(F)cc4)c[nH]3)CC2)nc1. The summed E-state index contributed by atoms with van der Waals surface area (Å²) in [6.07, 6.45) is 6.05. The molecule has 4 aromatic rings. The van der Waals surface area contributed by atoms with Gasteiger partial charge in [0.2, 0.25) is 5.95 Å². The molecule has 0 bridgehead atoms. The second-order valence-corrected chi connectivity index (χ2v) is 9.22. The Balaban J connectivity index is 1.26. The third-order valence-electron chi connectivity index (χ3n) is 6.76. The quantitative estimate of drug-likeness (QED) is 0.264. The molecule has 8 nitrogen and oxygen atoms in total. The normalized spacial score (nSPS) is 15.8. The van der Waals surface area contributed by atoms with Gasteiger partial charge in [-0.2, -0.15) is 0 Å². The minimum absolute atomic E-state index is 0.287. The summed E-state index contributed by atoms with van der Waals surface area (Å²) in [5.41, 5.74) is 2.26.